The van der Waals surface area contributed by atoms with E-state index in [1.807, 2.05) is 7.05 Å². The van der Waals surface area contributed by atoms with E-state index in [9.17, 15) is 4.39 Å². The zero-order chi connectivity index (χ0) is 13.5. The molecule has 1 aromatic rings. The molecule has 0 aromatic heterocycles. The van der Waals surface area contributed by atoms with Gasteiger partial charge in [0, 0.05) is 30.2 Å². The molecule has 0 saturated heterocycles. The average Bonchev–Trinajstić information content (AvgIpc) is 2.29. The molecule has 1 N–H and O–H groups in total. The van der Waals surface area contributed by atoms with Gasteiger partial charge in [0.1, 0.15) is 5.82 Å². The first-order valence-electron chi connectivity index (χ1n) is 6.33. The molecule has 0 fully saturated rings. The van der Waals surface area contributed by atoms with Crippen molar-refractivity contribution in [2.45, 2.75) is 20.4 Å². The summed E-state index contributed by atoms with van der Waals surface area (Å²) in [4.78, 5) is 2.07. The zero-order valence-corrected chi connectivity index (χ0v) is 12.1. The van der Waals surface area contributed by atoms with Gasteiger partial charge in [-0.05, 0) is 31.6 Å². The summed E-state index contributed by atoms with van der Waals surface area (Å²) in [7, 11) is 1.97. The summed E-state index contributed by atoms with van der Waals surface area (Å²) < 4.78 is 13.6. The average molecular weight is 273 g/mol. The Morgan fingerprint density at radius 1 is 1.39 bits per heavy atom. The summed E-state index contributed by atoms with van der Waals surface area (Å²) in [6.45, 7) is 7.67. The minimum absolute atomic E-state index is 0.232. The molecule has 0 spiro atoms. The van der Waals surface area contributed by atoms with E-state index in [2.05, 4.69) is 24.1 Å². The Morgan fingerprint density at radius 2 is 2.11 bits per heavy atom. The van der Waals surface area contributed by atoms with Gasteiger partial charge in [-0.25, -0.2) is 4.39 Å². The molecular formula is C14H22ClFN2. The molecule has 4 heteroatoms. The summed E-state index contributed by atoms with van der Waals surface area (Å²) in [5.41, 5.74) is 0.575. The fourth-order valence-electron chi connectivity index (χ4n) is 1.69. The number of benzene rings is 1. The second kappa shape index (κ2) is 7.72. The Hall–Kier alpha value is -0.640. The van der Waals surface area contributed by atoms with Crippen LogP contribution in [-0.4, -0.2) is 31.6 Å². The van der Waals surface area contributed by atoms with E-state index in [-0.39, 0.29) is 5.82 Å². The molecule has 0 bridgehead atoms. The highest BCUT2D eigenvalue weighted by atomic mass is 35.5. The molecule has 0 radical (unpaired) electrons. The van der Waals surface area contributed by atoms with E-state index in [0.29, 0.717) is 23.0 Å². The first-order valence-corrected chi connectivity index (χ1v) is 6.70. The zero-order valence-electron chi connectivity index (χ0n) is 11.3. The quantitative estimate of drug-likeness (QED) is 0.767. The van der Waals surface area contributed by atoms with Gasteiger partial charge in [0.25, 0.3) is 0 Å². The van der Waals surface area contributed by atoms with Crippen molar-refractivity contribution < 1.29 is 4.39 Å². The first-order chi connectivity index (χ1) is 8.50. The van der Waals surface area contributed by atoms with Gasteiger partial charge < -0.3 is 10.2 Å². The van der Waals surface area contributed by atoms with Gasteiger partial charge in [-0.2, -0.15) is 0 Å². The second-order valence-corrected chi connectivity index (χ2v) is 5.44. The molecular weight excluding hydrogens is 251 g/mol. The SMILES string of the molecule is CC(C)CNCCN(C)Cc1c(F)cccc1Cl. The number of nitrogens with one attached hydrogen (secondary N) is 1. The Kier molecular flexibility index (Phi) is 6.61. The highest BCUT2D eigenvalue weighted by molar-refractivity contribution is 6.31. The van der Waals surface area contributed by atoms with Crippen LogP contribution in [0.25, 0.3) is 0 Å². The van der Waals surface area contributed by atoms with E-state index in [0.717, 1.165) is 19.6 Å². The lowest BCUT2D eigenvalue weighted by molar-refractivity contribution is 0.316. The fraction of sp³-hybridized carbons (Fsp3) is 0.571. The topological polar surface area (TPSA) is 15.3 Å². The monoisotopic (exact) mass is 272 g/mol. The van der Waals surface area contributed by atoms with E-state index in [1.165, 1.54) is 6.07 Å². The van der Waals surface area contributed by atoms with Crippen LogP contribution in [-0.2, 0) is 6.54 Å². The number of halogens is 2. The minimum atomic E-state index is -0.232. The van der Waals surface area contributed by atoms with Crippen molar-refractivity contribution in [3.05, 3.63) is 34.6 Å². The normalized spacial score (nSPS) is 11.5. The van der Waals surface area contributed by atoms with Crippen LogP contribution in [0.1, 0.15) is 19.4 Å². The third kappa shape index (κ3) is 5.34. The van der Waals surface area contributed by atoms with Crippen molar-refractivity contribution in [1.29, 1.82) is 0 Å². The predicted octanol–water partition coefficient (Wildman–Crippen LogP) is 3.16. The lowest BCUT2D eigenvalue weighted by Crippen LogP contribution is -2.31. The lowest BCUT2D eigenvalue weighted by atomic mass is 10.2. The largest absolute Gasteiger partial charge is 0.315 e. The van der Waals surface area contributed by atoms with Crippen LogP contribution in [0.5, 0.6) is 0 Å². The van der Waals surface area contributed by atoms with Crippen molar-refractivity contribution in [2.75, 3.05) is 26.7 Å². The summed E-state index contributed by atoms with van der Waals surface area (Å²) in [6.07, 6.45) is 0. The Bertz CT molecular complexity index is 349. The van der Waals surface area contributed by atoms with Crippen LogP contribution in [0.2, 0.25) is 5.02 Å². The third-order valence-electron chi connectivity index (χ3n) is 2.71. The van der Waals surface area contributed by atoms with Crippen molar-refractivity contribution in [2.24, 2.45) is 5.92 Å². The maximum Gasteiger partial charge on any atom is 0.129 e. The van der Waals surface area contributed by atoms with E-state index in [1.54, 1.807) is 12.1 Å². The molecule has 2 nitrogen and oxygen atoms in total. The van der Waals surface area contributed by atoms with Gasteiger partial charge in [-0.15, -0.1) is 0 Å². The fourth-order valence-corrected chi connectivity index (χ4v) is 1.92. The van der Waals surface area contributed by atoms with Crippen LogP contribution in [0, 0.1) is 11.7 Å². The number of likely N-dealkylation sites (N-methyl/N-ethyl adjacent to an activating group) is 1. The van der Waals surface area contributed by atoms with Gasteiger partial charge in [-0.3, -0.25) is 0 Å². The first kappa shape index (κ1) is 15.4. The summed E-state index contributed by atoms with van der Waals surface area (Å²) in [6, 6.07) is 4.81. The molecule has 0 aliphatic carbocycles. The van der Waals surface area contributed by atoms with Crippen LogP contribution in [0.3, 0.4) is 0 Å². The molecule has 0 amide bonds. The maximum atomic E-state index is 13.6. The molecule has 102 valence electrons. The lowest BCUT2D eigenvalue weighted by Gasteiger charge is -2.18. The van der Waals surface area contributed by atoms with Gasteiger partial charge >= 0.3 is 0 Å². The Morgan fingerprint density at radius 3 is 2.72 bits per heavy atom. The van der Waals surface area contributed by atoms with E-state index < -0.39 is 0 Å². The van der Waals surface area contributed by atoms with Crippen LogP contribution in [0.4, 0.5) is 4.39 Å². The Balaban J connectivity index is 2.38. The molecule has 1 aromatic carbocycles. The van der Waals surface area contributed by atoms with E-state index >= 15 is 0 Å². The molecule has 0 atom stereocenters. The number of nitrogens with zero attached hydrogens (tertiary/aromatic N) is 1. The summed E-state index contributed by atoms with van der Waals surface area (Å²) in [5.74, 6) is 0.417. The molecule has 0 aliphatic rings. The van der Waals surface area contributed by atoms with E-state index in [4.69, 9.17) is 11.6 Å². The predicted molar refractivity (Wildman–Crippen MR) is 75.5 cm³/mol. The Labute approximate surface area is 114 Å². The highest BCUT2D eigenvalue weighted by Crippen LogP contribution is 2.20. The number of rotatable bonds is 7. The molecule has 1 rings (SSSR count). The van der Waals surface area contributed by atoms with Crippen LogP contribution >= 0.6 is 11.6 Å². The smallest absolute Gasteiger partial charge is 0.129 e. The van der Waals surface area contributed by atoms with Crippen molar-refractivity contribution in [3.8, 4) is 0 Å². The standard InChI is InChI=1S/C14H22ClFN2/c1-11(2)9-17-7-8-18(3)10-12-13(15)5-4-6-14(12)16/h4-6,11,17H,7-10H2,1-3H3. The third-order valence-corrected chi connectivity index (χ3v) is 3.07. The summed E-state index contributed by atoms with van der Waals surface area (Å²) in [5, 5.41) is 3.86. The van der Waals surface area contributed by atoms with Crippen molar-refractivity contribution in [3.63, 3.8) is 0 Å². The molecule has 0 aliphatic heterocycles. The highest BCUT2D eigenvalue weighted by Gasteiger charge is 2.09. The molecule has 0 saturated carbocycles. The molecule has 0 heterocycles. The maximum absolute atomic E-state index is 13.6. The van der Waals surface area contributed by atoms with Crippen LogP contribution < -0.4 is 5.32 Å². The number of hydrogen-bond donors (Lipinski definition) is 1. The van der Waals surface area contributed by atoms with Gasteiger partial charge in [0.15, 0.2) is 0 Å². The van der Waals surface area contributed by atoms with Crippen LogP contribution in [0.15, 0.2) is 18.2 Å². The molecule has 18 heavy (non-hydrogen) atoms. The van der Waals surface area contributed by atoms with Gasteiger partial charge in [0.2, 0.25) is 0 Å². The van der Waals surface area contributed by atoms with Crippen molar-refractivity contribution in [1.82, 2.24) is 10.2 Å². The second-order valence-electron chi connectivity index (χ2n) is 5.04. The number of hydrogen-bond acceptors (Lipinski definition) is 2. The van der Waals surface area contributed by atoms with Crippen molar-refractivity contribution >= 4 is 11.6 Å². The van der Waals surface area contributed by atoms with Gasteiger partial charge in [-0.1, -0.05) is 31.5 Å². The minimum Gasteiger partial charge on any atom is -0.315 e. The summed E-state index contributed by atoms with van der Waals surface area (Å²) >= 11 is 5.99. The molecule has 0 unspecified atom stereocenters. The van der Waals surface area contributed by atoms with Gasteiger partial charge in [0.05, 0.1) is 0 Å².